The van der Waals surface area contributed by atoms with E-state index in [1.54, 1.807) is 0 Å². The Balaban J connectivity index is 3.05. The predicted molar refractivity (Wildman–Crippen MR) is 58.9 cm³/mol. The van der Waals surface area contributed by atoms with Crippen LogP contribution in [0.5, 0.6) is 0 Å². The van der Waals surface area contributed by atoms with Crippen molar-refractivity contribution < 1.29 is 4.79 Å². The van der Waals surface area contributed by atoms with E-state index in [0.29, 0.717) is 11.4 Å². The minimum atomic E-state index is 0.540. The van der Waals surface area contributed by atoms with Crippen molar-refractivity contribution in [3.8, 4) is 0 Å². The number of aryl methyl sites for hydroxylation is 2. The van der Waals surface area contributed by atoms with Crippen LogP contribution in [0.15, 0.2) is 24.4 Å². The van der Waals surface area contributed by atoms with Crippen molar-refractivity contribution in [3.05, 3.63) is 41.1 Å². The van der Waals surface area contributed by atoms with Crippen LogP contribution < -0.4 is 5.32 Å². The van der Waals surface area contributed by atoms with Gasteiger partial charge in [0.1, 0.15) is 0 Å². The third-order valence-corrected chi connectivity index (χ3v) is 2.24. The van der Waals surface area contributed by atoms with Crippen molar-refractivity contribution in [3.63, 3.8) is 0 Å². The van der Waals surface area contributed by atoms with Gasteiger partial charge in [-0.05, 0) is 25.0 Å². The molecule has 1 aromatic carbocycles. The minimum Gasteiger partial charge on any atom is -0.334 e. The van der Waals surface area contributed by atoms with Crippen LogP contribution in [0, 0.1) is 13.8 Å². The summed E-state index contributed by atoms with van der Waals surface area (Å²) >= 11 is 6.00. The van der Waals surface area contributed by atoms with Crippen molar-refractivity contribution in [1.29, 1.82) is 0 Å². The SMILES string of the molecule is Cc1ccc(C)c(/C(Cl)=C\NC=O)c1. The lowest BCUT2D eigenvalue weighted by atomic mass is 10.1. The van der Waals surface area contributed by atoms with Crippen LogP contribution in [-0.4, -0.2) is 6.41 Å². The summed E-state index contributed by atoms with van der Waals surface area (Å²) in [6.07, 6.45) is 2.07. The molecule has 0 atom stereocenters. The van der Waals surface area contributed by atoms with E-state index in [1.165, 1.54) is 6.20 Å². The molecule has 1 aromatic rings. The van der Waals surface area contributed by atoms with Gasteiger partial charge in [-0.2, -0.15) is 0 Å². The predicted octanol–water partition coefficient (Wildman–Crippen LogP) is 2.59. The van der Waals surface area contributed by atoms with Crippen LogP contribution >= 0.6 is 11.6 Å². The first-order chi connectivity index (χ1) is 6.65. The fourth-order valence-electron chi connectivity index (χ4n) is 1.18. The Kier molecular flexibility index (Phi) is 3.72. The number of carbonyl (C=O) groups excluding carboxylic acids is 1. The Morgan fingerprint density at radius 1 is 1.43 bits per heavy atom. The highest BCUT2D eigenvalue weighted by molar-refractivity contribution is 6.48. The molecular formula is C11H12ClNO. The first kappa shape index (κ1) is 10.8. The van der Waals surface area contributed by atoms with E-state index < -0.39 is 0 Å². The molecule has 3 heteroatoms. The van der Waals surface area contributed by atoms with Gasteiger partial charge in [0, 0.05) is 6.20 Å². The molecule has 0 radical (unpaired) electrons. The van der Waals surface area contributed by atoms with Gasteiger partial charge in [-0.1, -0.05) is 35.4 Å². The molecule has 0 heterocycles. The van der Waals surface area contributed by atoms with Crippen LogP contribution in [0.2, 0.25) is 0 Å². The van der Waals surface area contributed by atoms with E-state index in [0.717, 1.165) is 16.7 Å². The quantitative estimate of drug-likeness (QED) is 0.762. The highest BCUT2D eigenvalue weighted by atomic mass is 35.5. The van der Waals surface area contributed by atoms with Gasteiger partial charge in [-0.25, -0.2) is 0 Å². The molecule has 14 heavy (non-hydrogen) atoms. The highest BCUT2D eigenvalue weighted by Gasteiger charge is 2.02. The average Bonchev–Trinajstić information content (AvgIpc) is 2.18. The maximum Gasteiger partial charge on any atom is 0.211 e. The van der Waals surface area contributed by atoms with E-state index in [-0.39, 0.29) is 0 Å². The average molecular weight is 210 g/mol. The maximum atomic E-state index is 10.1. The second-order valence-corrected chi connectivity index (χ2v) is 3.50. The number of nitrogens with one attached hydrogen (secondary N) is 1. The molecule has 74 valence electrons. The van der Waals surface area contributed by atoms with E-state index in [1.807, 2.05) is 32.0 Å². The van der Waals surface area contributed by atoms with Crippen LogP contribution in [0.1, 0.15) is 16.7 Å². The zero-order chi connectivity index (χ0) is 10.6. The van der Waals surface area contributed by atoms with Crippen molar-refractivity contribution in [1.82, 2.24) is 5.32 Å². The molecule has 1 amide bonds. The summed E-state index contributed by atoms with van der Waals surface area (Å²) in [7, 11) is 0. The fourth-order valence-corrected chi connectivity index (χ4v) is 1.44. The van der Waals surface area contributed by atoms with Gasteiger partial charge in [0.2, 0.25) is 6.41 Å². The summed E-state index contributed by atoms with van der Waals surface area (Å²) in [6, 6.07) is 6.01. The van der Waals surface area contributed by atoms with Crippen LogP contribution in [0.25, 0.3) is 5.03 Å². The van der Waals surface area contributed by atoms with E-state index in [2.05, 4.69) is 5.32 Å². The topological polar surface area (TPSA) is 29.1 Å². The van der Waals surface area contributed by atoms with Crippen LogP contribution in [-0.2, 0) is 4.79 Å². The molecule has 0 aliphatic heterocycles. The second-order valence-electron chi connectivity index (χ2n) is 3.10. The molecule has 1 N–H and O–H groups in total. The molecule has 0 aliphatic carbocycles. The third kappa shape index (κ3) is 2.60. The standard InChI is InChI=1S/C11H12ClNO/c1-8-3-4-9(2)10(5-8)11(12)6-13-7-14/h3-7H,1-2H3,(H,13,14)/b11-6+. The number of hydrogen-bond donors (Lipinski definition) is 1. The van der Waals surface area contributed by atoms with Crippen LogP contribution in [0.3, 0.4) is 0 Å². The Morgan fingerprint density at radius 3 is 2.79 bits per heavy atom. The van der Waals surface area contributed by atoms with E-state index in [4.69, 9.17) is 11.6 Å². The number of benzene rings is 1. The largest absolute Gasteiger partial charge is 0.334 e. The normalized spacial score (nSPS) is 11.2. The lowest BCUT2D eigenvalue weighted by molar-refractivity contribution is -0.108. The van der Waals surface area contributed by atoms with Gasteiger partial charge < -0.3 is 5.32 Å². The summed E-state index contributed by atoms with van der Waals surface area (Å²) in [5, 5.41) is 2.96. The summed E-state index contributed by atoms with van der Waals surface area (Å²) in [5.41, 5.74) is 3.17. The first-order valence-electron chi connectivity index (χ1n) is 4.28. The highest BCUT2D eigenvalue weighted by Crippen LogP contribution is 2.22. The third-order valence-electron chi connectivity index (χ3n) is 1.93. The molecule has 0 aromatic heterocycles. The zero-order valence-corrected chi connectivity index (χ0v) is 8.93. The van der Waals surface area contributed by atoms with Crippen molar-refractivity contribution in [2.75, 3.05) is 0 Å². The lowest BCUT2D eigenvalue weighted by Gasteiger charge is -2.05. The van der Waals surface area contributed by atoms with E-state index in [9.17, 15) is 4.79 Å². The monoisotopic (exact) mass is 209 g/mol. The molecule has 1 rings (SSSR count). The second kappa shape index (κ2) is 4.82. The molecule has 0 spiro atoms. The molecule has 2 nitrogen and oxygen atoms in total. The van der Waals surface area contributed by atoms with Gasteiger partial charge in [-0.3, -0.25) is 4.79 Å². The van der Waals surface area contributed by atoms with Crippen molar-refractivity contribution in [2.24, 2.45) is 0 Å². The number of amides is 1. The smallest absolute Gasteiger partial charge is 0.211 e. The van der Waals surface area contributed by atoms with E-state index >= 15 is 0 Å². The molecule has 0 aliphatic rings. The summed E-state index contributed by atoms with van der Waals surface area (Å²) in [4.78, 5) is 10.1. The van der Waals surface area contributed by atoms with Crippen molar-refractivity contribution in [2.45, 2.75) is 13.8 Å². The van der Waals surface area contributed by atoms with Gasteiger partial charge in [0.05, 0.1) is 5.03 Å². The number of halogens is 1. The lowest BCUT2D eigenvalue weighted by Crippen LogP contribution is -2.00. The fraction of sp³-hybridized carbons (Fsp3) is 0.182. The molecule has 0 saturated carbocycles. The number of hydrogen-bond acceptors (Lipinski definition) is 1. The minimum absolute atomic E-state index is 0.540. The first-order valence-corrected chi connectivity index (χ1v) is 4.66. The van der Waals surface area contributed by atoms with Gasteiger partial charge >= 0.3 is 0 Å². The number of carbonyl (C=O) groups is 1. The Bertz CT molecular complexity index is 372. The van der Waals surface area contributed by atoms with Gasteiger partial charge in [-0.15, -0.1) is 0 Å². The zero-order valence-electron chi connectivity index (χ0n) is 8.17. The maximum absolute atomic E-state index is 10.1. The molecule has 0 unspecified atom stereocenters. The molecule has 0 fully saturated rings. The molecule has 0 bridgehead atoms. The Hall–Kier alpha value is -1.28. The van der Waals surface area contributed by atoms with Gasteiger partial charge in [0.15, 0.2) is 0 Å². The van der Waals surface area contributed by atoms with Crippen LogP contribution in [0.4, 0.5) is 0 Å². The summed E-state index contributed by atoms with van der Waals surface area (Å²) < 4.78 is 0. The molecular weight excluding hydrogens is 198 g/mol. The summed E-state index contributed by atoms with van der Waals surface area (Å²) in [6.45, 7) is 3.98. The number of rotatable bonds is 3. The molecule has 0 saturated heterocycles. The summed E-state index contributed by atoms with van der Waals surface area (Å²) in [5.74, 6) is 0. The van der Waals surface area contributed by atoms with Gasteiger partial charge in [0.25, 0.3) is 0 Å². The van der Waals surface area contributed by atoms with Crippen molar-refractivity contribution >= 4 is 23.0 Å². The Morgan fingerprint density at radius 2 is 2.14 bits per heavy atom. The Labute approximate surface area is 88.6 Å².